The van der Waals surface area contributed by atoms with Gasteiger partial charge in [0.1, 0.15) is 23.5 Å². The van der Waals surface area contributed by atoms with Gasteiger partial charge in [-0.3, -0.25) is 14.8 Å². The van der Waals surface area contributed by atoms with Crippen LogP contribution in [0.2, 0.25) is 0 Å². The number of methoxy groups -OCH3 is 1. The molecule has 0 radical (unpaired) electrons. The van der Waals surface area contributed by atoms with E-state index >= 15 is 0 Å². The predicted octanol–water partition coefficient (Wildman–Crippen LogP) is 4.82. The quantitative estimate of drug-likeness (QED) is 0.377. The molecule has 1 atom stereocenters. The van der Waals surface area contributed by atoms with Crippen LogP contribution in [0, 0.1) is 17.2 Å². The second-order valence-corrected chi connectivity index (χ2v) is 10.2. The summed E-state index contributed by atoms with van der Waals surface area (Å²) in [5, 5.41) is 20.7. The molecule has 4 aromatic rings. The summed E-state index contributed by atoms with van der Waals surface area (Å²) in [5.41, 5.74) is 2.93. The van der Waals surface area contributed by atoms with Crippen LogP contribution in [0.4, 0.5) is 28.8 Å². The summed E-state index contributed by atoms with van der Waals surface area (Å²) < 4.78 is 5.32. The van der Waals surface area contributed by atoms with E-state index < -0.39 is 6.04 Å². The van der Waals surface area contributed by atoms with Crippen molar-refractivity contribution in [2.45, 2.75) is 51.6 Å². The number of ether oxygens (including phenoxy) is 1. The van der Waals surface area contributed by atoms with Gasteiger partial charge in [0.2, 0.25) is 5.95 Å². The van der Waals surface area contributed by atoms with Gasteiger partial charge >= 0.3 is 0 Å². The first-order valence-corrected chi connectivity index (χ1v) is 13.1. The third-order valence-corrected chi connectivity index (χ3v) is 7.72. The second kappa shape index (κ2) is 9.87. The lowest BCUT2D eigenvalue weighted by molar-refractivity contribution is -0.119. The van der Waals surface area contributed by atoms with Crippen molar-refractivity contribution in [2.75, 3.05) is 22.2 Å². The fraction of sp³-hybridized carbons (Fsp3) is 0.357. The van der Waals surface area contributed by atoms with Crippen molar-refractivity contribution < 1.29 is 9.53 Å². The highest BCUT2D eigenvalue weighted by atomic mass is 16.5. The molecule has 1 amide bonds. The molecule has 198 valence electrons. The predicted molar refractivity (Wildman–Crippen MR) is 147 cm³/mol. The normalized spacial score (nSPS) is 21.0. The van der Waals surface area contributed by atoms with E-state index in [0.29, 0.717) is 46.0 Å². The minimum Gasteiger partial charge on any atom is -0.495 e. The maximum atomic E-state index is 13.9. The van der Waals surface area contributed by atoms with Crippen LogP contribution in [0.25, 0.3) is 11.0 Å². The van der Waals surface area contributed by atoms with Gasteiger partial charge in [0, 0.05) is 11.4 Å². The third-order valence-electron chi connectivity index (χ3n) is 7.72. The Morgan fingerprint density at radius 2 is 1.92 bits per heavy atom. The minimum absolute atomic E-state index is 0.0888. The van der Waals surface area contributed by atoms with Crippen molar-refractivity contribution in [1.29, 1.82) is 5.26 Å². The van der Waals surface area contributed by atoms with Gasteiger partial charge in [0.05, 0.1) is 42.6 Å². The zero-order valence-electron chi connectivity index (χ0n) is 22.0. The number of aromatic amines is 1. The third kappa shape index (κ3) is 4.37. The Bertz CT molecular complexity index is 1590. The number of rotatable bonds is 5. The molecule has 3 aromatic heterocycles. The molecular weight excluding hydrogens is 494 g/mol. The Kier molecular flexibility index (Phi) is 6.23. The van der Waals surface area contributed by atoms with Crippen molar-refractivity contribution in [3.63, 3.8) is 0 Å². The lowest BCUT2D eigenvalue weighted by atomic mass is 9.85. The number of pyridine rings is 1. The summed E-state index contributed by atoms with van der Waals surface area (Å²) in [7, 11) is 1.52. The Morgan fingerprint density at radius 3 is 2.69 bits per heavy atom. The van der Waals surface area contributed by atoms with E-state index in [0.717, 1.165) is 36.8 Å². The summed E-state index contributed by atoms with van der Waals surface area (Å²) in [6, 6.07) is 8.99. The van der Waals surface area contributed by atoms with Crippen LogP contribution in [0.3, 0.4) is 0 Å². The zero-order chi connectivity index (χ0) is 27.1. The van der Waals surface area contributed by atoms with E-state index in [1.54, 1.807) is 41.7 Å². The molecule has 0 unspecified atom stereocenters. The van der Waals surface area contributed by atoms with E-state index in [1.165, 1.54) is 7.11 Å². The number of hydrogen-bond donors (Lipinski definition) is 2. The number of nitrogens with zero attached hydrogens (tertiary/aromatic N) is 7. The maximum absolute atomic E-state index is 13.9. The van der Waals surface area contributed by atoms with Gasteiger partial charge in [-0.2, -0.15) is 15.3 Å². The van der Waals surface area contributed by atoms with Gasteiger partial charge in [-0.25, -0.2) is 9.97 Å². The lowest BCUT2D eigenvalue weighted by Gasteiger charge is -2.46. The monoisotopic (exact) mass is 523 g/mol. The van der Waals surface area contributed by atoms with Crippen molar-refractivity contribution in [3.05, 3.63) is 48.4 Å². The van der Waals surface area contributed by atoms with Crippen LogP contribution >= 0.6 is 0 Å². The number of H-pyrrole nitrogens is 1. The first-order chi connectivity index (χ1) is 19.0. The Balaban J connectivity index is 1.44. The molecule has 11 nitrogen and oxygen atoms in total. The summed E-state index contributed by atoms with van der Waals surface area (Å²) >= 11 is 0. The fourth-order valence-electron chi connectivity index (χ4n) is 5.62. The highest BCUT2D eigenvalue weighted by Crippen LogP contribution is 2.43. The fourth-order valence-corrected chi connectivity index (χ4v) is 5.62. The van der Waals surface area contributed by atoms with Crippen molar-refractivity contribution in [3.8, 4) is 11.8 Å². The molecular formula is C28H29N9O2. The van der Waals surface area contributed by atoms with E-state index in [-0.39, 0.29) is 11.9 Å². The minimum atomic E-state index is -0.449. The first kappa shape index (κ1) is 24.6. The number of nitrogens with one attached hydrogen (secondary N) is 2. The van der Waals surface area contributed by atoms with Crippen LogP contribution < -0.4 is 19.9 Å². The molecule has 1 aliphatic carbocycles. The Hall–Kier alpha value is -4.72. The van der Waals surface area contributed by atoms with Crippen molar-refractivity contribution in [1.82, 2.24) is 25.1 Å². The first-order valence-electron chi connectivity index (χ1n) is 13.1. The van der Waals surface area contributed by atoms with Crippen LogP contribution in [-0.4, -0.2) is 50.2 Å². The number of fused-ring (bicyclic) bond motifs is 2. The average molecular weight is 524 g/mol. The van der Waals surface area contributed by atoms with E-state index in [9.17, 15) is 10.1 Å². The summed E-state index contributed by atoms with van der Waals surface area (Å²) in [5.74, 6) is 2.13. The molecule has 1 saturated carbocycles. The topological polar surface area (TPSA) is 136 Å². The van der Waals surface area contributed by atoms with Crippen molar-refractivity contribution in [2.24, 2.45) is 5.92 Å². The van der Waals surface area contributed by atoms with E-state index in [2.05, 4.69) is 43.4 Å². The molecule has 39 heavy (non-hydrogen) atoms. The molecule has 2 N–H and O–H groups in total. The van der Waals surface area contributed by atoms with E-state index in [1.807, 2.05) is 13.0 Å². The average Bonchev–Trinajstić information content (AvgIpc) is 3.42. The highest BCUT2D eigenvalue weighted by molar-refractivity contribution is 6.10. The molecule has 11 heteroatoms. The van der Waals surface area contributed by atoms with Crippen LogP contribution in [-0.2, 0) is 4.79 Å². The molecule has 6 rings (SSSR count). The Labute approximate surface area is 225 Å². The lowest BCUT2D eigenvalue weighted by Crippen LogP contribution is -2.55. The van der Waals surface area contributed by atoms with Gasteiger partial charge in [0.25, 0.3) is 5.91 Å². The van der Waals surface area contributed by atoms with Gasteiger partial charge in [-0.05, 0) is 62.8 Å². The summed E-state index contributed by atoms with van der Waals surface area (Å²) in [6.07, 6.45) is 9.29. The number of hydrogen-bond acceptors (Lipinski definition) is 9. The number of nitriles is 1. The zero-order valence-corrected chi connectivity index (χ0v) is 22.0. The number of carbonyl (C=O) groups excluding carboxylic acids is 1. The van der Waals surface area contributed by atoms with Gasteiger partial charge in [0.15, 0.2) is 11.5 Å². The standard InChI is InChI=1S/C28H29N9O2/c1-16-4-6-21(7-5-16)36-17(2)27(38)37(22-8-9-24(39-3)18(11-22)12-29)23-15-31-28(34-26(23)36)33-20-10-19-13-32-35-25(19)30-14-20/h8-11,13-17,21H,4-7H2,1-3H3,(H,30,32,35)(H,31,33,34)/t16-,17-,21-/m1/s1. The number of carbonyl (C=O) groups is 1. The van der Waals surface area contributed by atoms with Gasteiger partial charge in [-0.1, -0.05) is 6.92 Å². The smallest absolute Gasteiger partial charge is 0.254 e. The van der Waals surface area contributed by atoms with Crippen LogP contribution in [0.1, 0.15) is 45.1 Å². The van der Waals surface area contributed by atoms with Gasteiger partial charge in [-0.15, -0.1) is 0 Å². The van der Waals surface area contributed by atoms with Crippen molar-refractivity contribution >= 4 is 45.8 Å². The maximum Gasteiger partial charge on any atom is 0.254 e. The number of aromatic nitrogens is 5. The number of anilines is 5. The Morgan fingerprint density at radius 1 is 1.10 bits per heavy atom. The summed E-state index contributed by atoms with van der Waals surface area (Å²) in [4.78, 5) is 31.6. The molecule has 0 bridgehead atoms. The van der Waals surface area contributed by atoms with Crippen LogP contribution in [0.15, 0.2) is 42.9 Å². The molecule has 2 aliphatic rings. The highest BCUT2D eigenvalue weighted by Gasteiger charge is 2.42. The molecule has 1 aliphatic heterocycles. The second-order valence-electron chi connectivity index (χ2n) is 10.2. The van der Waals surface area contributed by atoms with Gasteiger partial charge < -0.3 is 15.0 Å². The number of amides is 1. The SMILES string of the molecule is COc1ccc(N2C(=O)[C@@H](C)N([C@H]3CC[C@H](C)CC3)c3nc(Nc4cnc5[nH]ncc5c4)ncc32)cc1C#N. The molecule has 1 aromatic carbocycles. The molecule has 0 spiro atoms. The molecule has 0 saturated heterocycles. The molecule has 1 fully saturated rings. The largest absolute Gasteiger partial charge is 0.495 e. The van der Waals surface area contributed by atoms with E-state index in [4.69, 9.17) is 9.72 Å². The molecule has 4 heterocycles. The van der Waals surface area contributed by atoms with Crippen LogP contribution in [0.5, 0.6) is 5.75 Å². The number of benzene rings is 1. The summed E-state index contributed by atoms with van der Waals surface area (Å²) in [6.45, 7) is 4.21.